The zero-order valence-corrected chi connectivity index (χ0v) is 8.90. The first-order valence-corrected chi connectivity index (χ1v) is 5.26. The van der Waals surface area contributed by atoms with Crippen LogP contribution in [0.2, 0.25) is 0 Å². The fraction of sp³-hybridized carbons (Fsp3) is 0.545. The number of aryl methyl sites for hydroxylation is 1. The van der Waals surface area contributed by atoms with E-state index in [1.54, 1.807) is 4.57 Å². The Kier molecular flexibility index (Phi) is 3.18. The van der Waals surface area contributed by atoms with Gasteiger partial charge in [0.2, 0.25) is 0 Å². The summed E-state index contributed by atoms with van der Waals surface area (Å²) in [7, 11) is 0. The van der Waals surface area contributed by atoms with Gasteiger partial charge in [-0.3, -0.25) is 4.79 Å². The van der Waals surface area contributed by atoms with E-state index in [1.165, 1.54) is 0 Å². The normalized spacial score (nSPS) is 21.5. The molecular weight excluding hydrogens is 192 g/mol. The van der Waals surface area contributed by atoms with Gasteiger partial charge in [0.15, 0.2) is 0 Å². The molecule has 1 fully saturated rings. The van der Waals surface area contributed by atoms with Gasteiger partial charge in [-0.05, 0) is 13.0 Å². The Morgan fingerprint density at radius 3 is 3.27 bits per heavy atom. The van der Waals surface area contributed by atoms with E-state index in [2.05, 4.69) is 5.32 Å². The summed E-state index contributed by atoms with van der Waals surface area (Å²) in [5.74, 6) is 0. The van der Waals surface area contributed by atoms with Crippen LogP contribution in [0.25, 0.3) is 0 Å². The highest BCUT2D eigenvalue weighted by Crippen LogP contribution is 1.99. The first kappa shape index (κ1) is 10.4. The van der Waals surface area contributed by atoms with Crippen LogP contribution in [0.5, 0.6) is 0 Å². The van der Waals surface area contributed by atoms with Crippen molar-refractivity contribution in [1.29, 1.82) is 0 Å². The Morgan fingerprint density at radius 2 is 2.53 bits per heavy atom. The fourth-order valence-corrected chi connectivity index (χ4v) is 1.76. The van der Waals surface area contributed by atoms with Gasteiger partial charge in [0.25, 0.3) is 5.56 Å². The smallest absolute Gasteiger partial charge is 0.253 e. The van der Waals surface area contributed by atoms with E-state index in [0.717, 1.165) is 25.3 Å². The molecule has 1 unspecified atom stereocenters. The van der Waals surface area contributed by atoms with Gasteiger partial charge in [0.1, 0.15) is 0 Å². The molecule has 1 N–H and O–H groups in total. The highest BCUT2D eigenvalue weighted by molar-refractivity contribution is 5.07. The average Bonchev–Trinajstić information content (AvgIpc) is 2.26. The molecule has 0 aliphatic carbocycles. The lowest BCUT2D eigenvalue weighted by Crippen LogP contribution is -2.42. The number of morpholine rings is 1. The molecule has 0 radical (unpaired) electrons. The van der Waals surface area contributed by atoms with Gasteiger partial charge in [-0.25, -0.2) is 0 Å². The van der Waals surface area contributed by atoms with Crippen molar-refractivity contribution in [1.82, 2.24) is 9.88 Å². The molecule has 82 valence electrons. The van der Waals surface area contributed by atoms with E-state index in [0.29, 0.717) is 6.54 Å². The molecule has 0 aromatic carbocycles. The van der Waals surface area contributed by atoms with Crippen molar-refractivity contribution in [3.05, 3.63) is 34.2 Å². The van der Waals surface area contributed by atoms with Crippen molar-refractivity contribution in [2.75, 3.05) is 19.7 Å². The molecular formula is C11H16N2O2. The van der Waals surface area contributed by atoms with Crippen LogP contribution in [0.3, 0.4) is 0 Å². The quantitative estimate of drug-likeness (QED) is 0.752. The van der Waals surface area contributed by atoms with Crippen LogP contribution >= 0.6 is 0 Å². The zero-order valence-electron chi connectivity index (χ0n) is 8.90. The van der Waals surface area contributed by atoms with Gasteiger partial charge in [-0.2, -0.15) is 0 Å². The molecule has 2 heterocycles. The van der Waals surface area contributed by atoms with Crippen LogP contribution in [0.4, 0.5) is 0 Å². The molecule has 0 bridgehead atoms. The second-order valence-corrected chi connectivity index (χ2v) is 3.85. The molecule has 1 saturated heterocycles. The molecule has 1 aromatic heterocycles. The molecule has 1 aliphatic heterocycles. The first-order chi connectivity index (χ1) is 7.27. The zero-order chi connectivity index (χ0) is 10.7. The maximum atomic E-state index is 11.7. The van der Waals surface area contributed by atoms with E-state index in [9.17, 15) is 4.79 Å². The van der Waals surface area contributed by atoms with Crippen molar-refractivity contribution in [3.8, 4) is 0 Å². The van der Waals surface area contributed by atoms with Crippen molar-refractivity contribution < 1.29 is 4.74 Å². The van der Waals surface area contributed by atoms with E-state index < -0.39 is 0 Å². The van der Waals surface area contributed by atoms with Crippen molar-refractivity contribution in [2.24, 2.45) is 0 Å². The second kappa shape index (κ2) is 4.59. The minimum Gasteiger partial charge on any atom is -0.374 e. The summed E-state index contributed by atoms with van der Waals surface area (Å²) in [6.45, 7) is 4.91. The Morgan fingerprint density at radius 1 is 1.67 bits per heavy atom. The van der Waals surface area contributed by atoms with Gasteiger partial charge in [-0.15, -0.1) is 0 Å². The molecule has 0 saturated carbocycles. The molecule has 1 atom stereocenters. The number of hydrogen-bond donors (Lipinski definition) is 1. The van der Waals surface area contributed by atoms with Crippen molar-refractivity contribution in [2.45, 2.75) is 19.6 Å². The van der Waals surface area contributed by atoms with Crippen LogP contribution in [-0.2, 0) is 11.3 Å². The summed E-state index contributed by atoms with van der Waals surface area (Å²) in [5.41, 5.74) is 0.855. The topological polar surface area (TPSA) is 43.3 Å². The number of pyridine rings is 1. The third-order valence-corrected chi connectivity index (χ3v) is 2.62. The highest BCUT2D eigenvalue weighted by atomic mass is 16.5. The molecule has 0 spiro atoms. The maximum absolute atomic E-state index is 11.7. The molecule has 15 heavy (non-hydrogen) atoms. The molecule has 0 amide bonds. The molecule has 1 aliphatic rings. The minimum absolute atomic E-state index is 0.0756. The average molecular weight is 208 g/mol. The van der Waals surface area contributed by atoms with Gasteiger partial charge in [0.05, 0.1) is 19.3 Å². The third-order valence-electron chi connectivity index (χ3n) is 2.62. The van der Waals surface area contributed by atoms with Crippen LogP contribution in [0.15, 0.2) is 23.1 Å². The number of nitrogens with zero attached hydrogens (tertiary/aromatic N) is 1. The summed E-state index contributed by atoms with van der Waals surface area (Å²) < 4.78 is 7.27. The summed E-state index contributed by atoms with van der Waals surface area (Å²) >= 11 is 0. The SMILES string of the molecule is Cc1cccn(CC2CNCCO2)c1=O. The summed E-state index contributed by atoms with van der Waals surface area (Å²) in [6.07, 6.45) is 1.92. The number of aromatic nitrogens is 1. The maximum Gasteiger partial charge on any atom is 0.253 e. The van der Waals surface area contributed by atoms with Gasteiger partial charge in [0, 0.05) is 24.8 Å². The van der Waals surface area contributed by atoms with Crippen LogP contribution in [0.1, 0.15) is 5.56 Å². The Bertz CT molecular complexity index is 380. The van der Waals surface area contributed by atoms with Gasteiger partial charge >= 0.3 is 0 Å². The van der Waals surface area contributed by atoms with Gasteiger partial charge < -0.3 is 14.6 Å². The van der Waals surface area contributed by atoms with E-state index in [-0.39, 0.29) is 11.7 Å². The fourth-order valence-electron chi connectivity index (χ4n) is 1.76. The predicted molar refractivity (Wildman–Crippen MR) is 58.0 cm³/mol. The van der Waals surface area contributed by atoms with E-state index >= 15 is 0 Å². The van der Waals surface area contributed by atoms with E-state index in [4.69, 9.17) is 4.74 Å². The van der Waals surface area contributed by atoms with Crippen LogP contribution in [-0.4, -0.2) is 30.4 Å². The minimum atomic E-state index is 0.0756. The van der Waals surface area contributed by atoms with Crippen molar-refractivity contribution >= 4 is 0 Å². The molecule has 4 heteroatoms. The Balaban J connectivity index is 2.09. The number of rotatable bonds is 2. The number of ether oxygens (including phenoxy) is 1. The van der Waals surface area contributed by atoms with Gasteiger partial charge in [-0.1, -0.05) is 6.07 Å². The third kappa shape index (κ3) is 2.46. The first-order valence-electron chi connectivity index (χ1n) is 5.26. The largest absolute Gasteiger partial charge is 0.374 e. The molecule has 2 rings (SSSR count). The van der Waals surface area contributed by atoms with Crippen LogP contribution < -0.4 is 10.9 Å². The lowest BCUT2D eigenvalue weighted by atomic mass is 10.2. The summed E-state index contributed by atoms with van der Waals surface area (Å²) in [5, 5.41) is 3.25. The predicted octanol–water partition coefficient (Wildman–Crippen LogP) is 0.145. The summed E-state index contributed by atoms with van der Waals surface area (Å²) in [6, 6.07) is 3.73. The lowest BCUT2D eigenvalue weighted by molar-refractivity contribution is 0.0176. The Labute approximate surface area is 88.9 Å². The standard InChI is InChI=1S/C11H16N2O2/c1-9-3-2-5-13(11(9)14)8-10-7-12-4-6-15-10/h2-3,5,10,12H,4,6-8H2,1H3. The lowest BCUT2D eigenvalue weighted by Gasteiger charge is -2.24. The number of hydrogen-bond acceptors (Lipinski definition) is 3. The second-order valence-electron chi connectivity index (χ2n) is 3.85. The van der Waals surface area contributed by atoms with E-state index in [1.807, 2.05) is 25.3 Å². The monoisotopic (exact) mass is 208 g/mol. The highest BCUT2D eigenvalue weighted by Gasteiger charge is 2.14. The van der Waals surface area contributed by atoms with Crippen molar-refractivity contribution in [3.63, 3.8) is 0 Å². The molecule has 1 aromatic rings. The summed E-state index contributed by atoms with van der Waals surface area (Å²) in [4.78, 5) is 11.7. The van der Waals surface area contributed by atoms with Crippen LogP contribution in [0, 0.1) is 6.92 Å². The Hall–Kier alpha value is -1.13. The molecule has 4 nitrogen and oxygen atoms in total. The number of nitrogens with one attached hydrogen (secondary N) is 1.